The van der Waals surface area contributed by atoms with Crippen LogP contribution in [0.2, 0.25) is 5.02 Å². The Morgan fingerprint density at radius 1 is 0.812 bits per heavy atom. The normalized spacial score (nSPS) is 14.6. The number of hydrogen-bond donors (Lipinski definition) is 2. The number of aromatic nitrogens is 2. The second-order valence-corrected chi connectivity index (χ2v) is 8.03. The minimum absolute atomic E-state index is 0.197. The summed E-state index contributed by atoms with van der Waals surface area (Å²) >= 11 is 6.15. The van der Waals surface area contributed by atoms with Crippen molar-refractivity contribution >= 4 is 56.4 Å². The molecule has 0 radical (unpaired) electrons. The van der Waals surface area contributed by atoms with E-state index in [1.165, 1.54) is 0 Å². The van der Waals surface area contributed by atoms with Crippen LogP contribution >= 0.6 is 11.6 Å². The third-order valence-corrected chi connectivity index (χ3v) is 6.21. The van der Waals surface area contributed by atoms with Gasteiger partial charge in [0, 0.05) is 51.4 Å². The predicted octanol–water partition coefficient (Wildman–Crippen LogP) is 3.45. The third-order valence-electron chi connectivity index (χ3n) is 5.97. The van der Waals surface area contributed by atoms with E-state index in [2.05, 4.69) is 0 Å². The molecule has 0 atom stereocenters. The second kappa shape index (κ2) is 7.63. The average Bonchev–Trinajstić information content (AvgIpc) is 3.42. The van der Waals surface area contributed by atoms with Gasteiger partial charge in [0.05, 0.1) is 16.7 Å². The van der Waals surface area contributed by atoms with Crippen molar-refractivity contribution < 1.29 is 19.8 Å². The third kappa shape index (κ3) is 2.82. The van der Waals surface area contributed by atoms with Crippen molar-refractivity contribution in [2.75, 3.05) is 6.73 Å². The molecule has 0 unspecified atom stereocenters. The van der Waals surface area contributed by atoms with Gasteiger partial charge in [-0.25, -0.2) is 0 Å². The van der Waals surface area contributed by atoms with Crippen molar-refractivity contribution in [3.05, 3.63) is 71.0 Å². The molecule has 0 saturated heterocycles. The number of benzene rings is 2. The van der Waals surface area contributed by atoms with E-state index in [0.29, 0.717) is 33.6 Å². The minimum atomic E-state index is -0.721. The van der Waals surface area contributed by atoms with Crippen LogP contribution in [-0.2, 0) is 22.9 Å². The van der Waals surface area contributed by atoms with Crippen LogP contribution in [0.3, 0.4) is 0 Å². The minimum Gasteiger partial charge on any atom is -0.376 e. The summed E-state index contributed by atoms with van der Waals surface area (Å²) in [6.45, 7) is 1.66. The molecular weight excluding hydrogens is 430 g/mol. The molecule has 7 nitrogen and oxygen atoms in total. The first-order valence-corrected chi connectivity index (χ1v) is 10.6. The van der Waals surface area contributed by atoms with Gasteiger partial charge < -0.3 is 19.3 Å². The number of hydrogen-bond acceptors (Lipinski definition) is 4. The fourth-order valence-electron chi connectivity index (χ4n) is 4.49. The summed E-state index contributed by atoms with van der Waals surface area (Å²) in [7, 11) is 0. The van der Waals surface area contributed by atoms with Crippen molar-refractivity contribution in [3.8, 4) is 0 Å². The molecule has 0 aliphatic carbocycles. The summed E-state index contributed by atoms with van der Waals surface area (Å²) in [6.07, 6.45) is 3.51. The molecule has 32 heavy (non-hydrogen) atoms. The first-order chi connectivity index (χ1) is 15.5. The van der Waals surface area contributed by atoms with Crippen molar-refractivity contribution in [2.24, 2.45) is 0 Å². The number of imide groups is 1. The molecule has 3 heterocycles. The van der Waals surface area contributed by atoms with Gasteiger partial charge in [-0.1, -0.05) is 35.9 Å². The van der Waals surface area contributed by atoms with Gasteiger partial charge in [0.2, 0.25) is 0 Å². The van der Waals surface area contributed by atoms with Gasteiger partial charge in [-0.3, -0.25) is 14.5 Å². The quantitative estimate of drug-likeness (QED) is 0.457. The van der Waals surface area contributed by atoms with Crippen molar-refractivity contribution in [3.63, 3.8) is 0 Å². The average molecular weight is 450 g/mol. The van der Waals surface area contributed by atoms with E-state index in [4.69, 9.17) is 11.6 Å². The summed E-state index contributed by atoms with van der Waals surface area (Å²) in [5.41, 5.74) is 3.15. The van der Waals surface area contributed by atoms with E-state index in [9.17, 15) is 19.8 Å². The molecule has 0 fully saturated rings. The molecule has 1 aliphatic heterocycles. The lowest BCUT2D eigenvalue weighted by atomic mass is 9.95. The van der Waals surface area contributed by atoms with Gasteiger partial charge in [-0.2, -0.15) is 0 Å². The highest BCUT2D eigenvalue weighted by atomic mass is 35.5. The number of aliphatic hydroxyl groups is 2. The second-order valence-electron chi connectivity index (χ2n) is 7.59. The zero-order valence-corrected chi connectivity index (χ0v) is 18.0. The number of nitrogens with zero attached hydrogens (tertiary/aromatic N) is 3. The van der Waals surface area contributed by atoms with Gasteiger partial charge in [0.15, 0.2) is 0 Å². The summed E-state index contributed by atoms with van der Waals surface area (Å²) < 4.78 is 3.58. The first-order valence-electron chi connectivity index (χ1n) is 10.2. The maximum absolute atomic E-state index is 13.3. The molecule has 1 aliphatic rings. The van der Waals surface area contributed by atoms with Gasteiger partial charge in [-0.05, 0) is 25.1 Å². The van der Waals surface area contributed by atoms with Gasteiger partial charge in [0.25, 0.3) is 11.8 Å². The number of carbonyl (C=O) groups is 2. The maximum Gasteiger partial charge on any atom is 0.264 e. The van der Waals surface area contributed by atoms with Crippen LogP contribution in [0.25, 0.3) is 33.0 Å². The smallest absolute Gasteiger partial charge is 0.264 e. The number of aliphatic hydroxyl groups excluding tert-OH is 2. The van der Waals surface area contributed by atoms with Crippen LogP contribution in [0.1, 0.15) is 18.1 Å². The van der Waals surface area contributed by atoms with E-state index in [1.807, 2.05) is 42.0 Å². The molecule has 0 spiro atoms. The molecule has 2 amide bonds. The highest BCUT2D eigenvalue weighted by Gasteiger charge is 2.41. The number of amides is 2. The lowest BCUT2D eigenvalue weighted by molar-refractivity contribution is -0.139. The van der Waals surface area contributed by atoms with Crippen molar-refractivity contribution in [1.82, 2.24) is 14.0 Å². The van der Waals surface area contributed by atoms with E-state index < -0.39 is 18.5 Å². The van der Waals surface area contributed by atoms with Crippen molar-refractivity contribution in [1.29, 1.82) is 0 Å². The number of para-hydroxylation sites is 1. The Kier molecular flexibility index (Phi) is 4.89. The Balaban J connectivity index is 1.88. The largest absolute Gasteiger partial charge is 0.376 e. The van der Waals surface area contributed by atoms with E-state index in [-0.39, 0.29) is 17.9 Å². The number of rotatable bonds is 5. The first kappa shape index (κ1) is 20.5. The number of fused-ring (bicyclic) bond motifs is 2. The highest BCUT2D eigenvalue weighted by molar-refractivity contribution is 6.50. The lowest BCUT2D eigenvalue weighted by Crippen LogP contribution is -2.32. The summed E-state index contributed by atoms with van der Waals surface area (Å²) in [6, 6.07) is 12.8. The Hall–Kier alpha value is -3.39. The Morgan fingerprint density at radius 2 is 1.44 bits per heavy atom. The zero-order chi connectivity index (χ0) is 22.6. The highest BCUT2D eigenvalue weighted by Crippen LogP contribution is 2.41. The number of aryl methyl sites for hydroxylation is 1. The van der Waals surface area contributed by atoms with Gasteiger partial charge in [-0.15, -0.1) is 0 Å². The molecular formula is C24H20ClN3O4. The molecule has 2 N–H and O–H groups in total. The van der Waals surface area contributed by atoms with Crippen LogP contribution < -0.4 is 0 Å². The number of carbonyl (C=O) groups excluding carboxylic acids is 2. The Labute approximate surface area is 188 Å². The Bertz CT molecular complexity index is 1450. The fraction of sp³-hybridized carbons (Fsp3) is 0.167. The predicted molar refractivity (Wildman–Crippen MR) is 123 cm³/mol. The maximum atomic E-state index is 13.3. The molecule has 0 saturated carbocycles. The van der Waals surface area contributed by atoms with Crippen LogP contribution in [0.4, 0.5) is 0 Å². The number of halogens is 1. The molecule has 5 rings (SSSR count). The van der Waals surface area contributed by atoms with E-state index >= 15 is 0 Å². The van der Waals surface area contributed by atoms with E-state index in [0.717, 1.165) is 15.8 Å². The topological polar surface area (TPSA) is 87.7 Å². The summed E-state index contributed by atoms with van der Waals surface area (Å²) in [5, 5.41) is 21.7. The van der Waals surface area contributed by atoms with Crippen LogP contribution in [0.5, 0.6) is 0 Å². The monoisotopic (exact) mass is 449 g/mol. The molecule has 162 valence electrons. The Morgan fingerprint density at radius 3 is 2.06 bits per heavy atom. The van der Waals surface area contributed by atoms with Crippen LogP contribution in [0, 0.1) is 0 Å². The van der Waals surface area contributed by atoms with Gasteiger partial charge >= 0.3 is 0 Å². The molecule has 8 heteroatoms. The molecule has 0 bridgehead atoms. The SMILES string of the molecule is CCn1cc(C2=C(c3cn(CO)c4cc(Cl)ccc34)C(=O)N(CO)C2=O)c2ccccc21. The molecule has 2 aromatic heterocycles. The van der Waals surface area contributed by atoms with Crippen molar-refractivity contribution in [2.45, 2.75) is 20.2 Å². The van der Waals surface area contributed by atoms with E-state index in [1.54, 1.807) is 29.0 Å². The zero-order valence-electron chi connectivity index (χ0n) is 17.2. The standard InChI is InChI=1S/C24H20ClN3O4/c1-2-26-10-17(15-5-3-4-6-19(15)26)21-22(24(32)28(13-30)23(21)31)18-11-27(12-29)20-9-14(25)7-8-16(18)20/h3-11,29-30H,2,12-13H2,1H3. The summed E-state index contributed by atoms with van der Waals surface area (Å²) in [4.78, 5) is 27.5. The summed E-state index contributed by atoms with van der Waals surface area (Å²) in [5.74, 6) is -1.13. The molecule has 4 aromatic rings. The lowest BCUT2D eigenvalue weighted by Gasteiger charge is -2.10. The molecule has 2 aromatic carbocycles. The van der Waals surface area contributed by atoms with Crippen LogP contribution in [0.15, 0.2) is 54.9 Å². The van der Waals surface area contributed by atoms with Gasteiger partial charge in [0.1, 0.15) is 13.5 Å². The fourth-order valence-corrected chi connectivity index (χ4v) is 4.66. The van der Waals surface area contributed by atoms with Crippen LogP contribution in [-0.4, -0.2) is 42.8 Å².